The summed E-state index contributed by atoms with van der Waals surface area (Å²) in [6.45, 7) is 0. The van der Waals surface area contributed by atoms with Gasteiger partial charge in [0, 0.05) is 5.56 Å². The molecular weight excluding hydrogens is 299 g/mol. The molecule has 0 saturated heterocycles. The van der Waals surface area contributed by atoms with E-state index in [1.165, 1.54) is 0 Å². The van der Waals surface area contributed by atoms with E-state index in [2.05, 4.69) is 15.8 Å². The first-order chi connectivity index (χ1) is 9.06. The minimum Gasteiger partial charge on any atom is -0.369 e. The number of nitrogens with one attached hydrogen (secondary N) is 2. The van der Waals surface area contributed by atoms with E-state index in [0.29, 0.717) is 0 Å². The van der Waals surface area contributed by atoms with Gasteiger partial charge in [0.2, 0.25) is 11.7 Å². The van der Waals surface area contributed by atoms with E-state index in [1.807, 2.05) is 0 Å². The normalized spacial score (nSPS) is 23.3. The smallest absolute Gasteiger partial charge is 0.369 e. The lowest BCUT2D eigenvalue weighted by atomic mass is 10.1. The summed E-state index contributed by atoms with van der Waals surface area (Å²) in [5.41, 5.74) is 11.0. The quantitative estimate of drug-likeness (QED) is 0.582. The Hall–Kier alpha value is -1.85. The van der Waals surface area contributed by atoms with Crippen LogP contribution in [0.3, 0.4) is 0 Å². The maximum atomic E-state index is 12.4. The highest BCUT2D eigenvalue weighted by atomic mass is 32.2. The summed E-state index contributed by atoms with van der Waals surface area (Å²) in [5, 5.41) is 0. The average Bonchev–Trinajstić information content (AvgIpc) is 2.69. The van der Waals surface area contributed by atoms with Crippen molar-refractivity contribution in [2.45, 2.75) is 16.2 Å². The zero-order valence-electron chi connectivity index (χ0n) is 9.77. The van der Waals surface area contributed by atoms with Crippen molar-refractivity contribution in [3.63, 3.8) is 0 Å². The minimum absolute atomic E-state index is 0.000473. The highest BCUT2D eigenvalue weighted by molar-refractivity contribution is 7.92. The first kappa shape index (κ1) is 14.6. The molecule has 0 fully saturated rings. The van der Waals surface area contributed by atoms with Crippen molar-refractivity contribution in [2.75, 3.05) is 0 Å². The number of alkyl halides is 3. The van der Waals surface area contributed by atoms with Crippen LogP contribution in [-0.4, -0.2) is 19.9 Å². The van der Waals surface area contributed by atoms with Crippen molar-refractivity contribution in [3.05, 3.63) is 29.8 Å². The fourth-order valence-corrected chi connectivity index (χ4v) is 2.33. The van der Waals surface area contributed by atoms with Crippen molar-refractivity contribution >= 4 is 15.8 Å². The van der Waals surface area contributed by atoms with Crippen molar-refractivity contribution < 1.29 is 21.6 Å². The van der Waals surface area contributed by atoms with Crippen LogP contribution in [0.15, 0.2) is 34.2 Å². The van der Waals surface area contributed by atoms with E-state index in [0.717, 1.165) is 24.3 Å². The van der Waals surface area contributed by atoms with E-state index < -0.39 is 26.0 Å². The van der Waals surface area contributed by atoms with Crippen molar-refractivity contribution in [2.24, 2.45) is 16.5 Å². The van der Waals surface area contributed by atoms with Crippen LogP contribution in [0, 0.1) is 0 Å². The molecule has 1 atom stereocenters. The number of benzene rings is 1. The van der Waals surface area contributed by atoms with Crippen molar-refractivity contribution in [1.82, 2.24) is 10.9 Å². The number of hydrazine groups is 1. The lowest BCUT2D eigenvalue weighted by Crippen LogP contribution is -2.50. The summed E-state index contributed by atoms with van der Waals surface area (Å²) in [4.78, 5) is 2.93. The fourth-order valence-electron chi connectivity index (χ4n) is 1.56. The molecule has 0 bridgehead atoms. The van der Waals surface area contributed by atoms with Gasteiger partial charge < -0.3 is 5.73 Å². The zero-order chi connectivity index (χ0) is 15.2. The Labute approximate surface area is 111 Å². The van der Waals surface area contributed by atoms with Crippen LogP contribution in [0.5, 0.6) is 0 Å². The number of hydrogen-bond acceptors (Lipinski definition) is 7. The number of halogens is 3. The number of nitrogens with zero attached hydrogens (tertiary/aromatic N) is 1. The van der Waals surface area contributed by atoms with Gasteiger partial charge in [-0.15, -0.1) is 0 Å². The van der Waals surface area contributed by atoms with Crippen LogP contribution in [0.4, 0.5) is 13.2 Å². The van der Waals surface area contributed by atoms with Crippen LogP contribution in [0.2, 0.25) is 0 Å². The number of guanidine groups is 1. The molecule has 0 saturated carbocycles. The summed E-state index contributed by atoms with van der Waals surface area (Å²) in [7, 11) is -5.38. The van der Waals surface area contributed by atoms with Crippen molar-refractivity contribution in [1.29, 1.82) is 0 Å². The second-order valence-corrected chi connectivity index (χ2v) is 5.93. The molecule has 6 N–H and O–H groups in total. The summed E-state index contributed by atoms with van der Waals surface area (Å²) < 4.78 is 59.5. The Balaban J connectivity index is 2.38. The maximum absolute atomic E-state index is 12.4. The molecule has 11 heteroatoms. The van der Waals surface area contributed by atoms with Gasteiger partial charge >= 0.3 is 5.51 Å². The third-order valence-corrected chi connectivity index (χ3v) is 4.09. The summed E-state index contributed by atoms with van der Waals surface area (Å²) in [6, 6.07) is 3.85. The third kappa shape index (κ3) is 2.30. The molecule has 110 valence electrons. The topological polar surface area (TPSA) is 123 Å². The first-order valence-electron chi connectivity index (χ1n) is 5.15. The lowest BCUT2D eigenvalue weighted by molar-refractivity contribution is -0.0436. The second-order valence-electron chi connectivity index (χ2n) is 3.99. The van der Waals surface area contributed by atoms with Crippen LogP contribution < -0.4 is 22.3 Å². The van der Waals surface area contributed by atoms with E-state index in [1.54, 1.807) is 0 Å². The Morgan fingerprint density at radius 1 is 1.20 bits per heavy atom. The molecule has 0 amide bonds. The summed E-state index contributed by atoms with van der Waals surface area (Å²) >= 11 is 0. The SMILES string of the molecule is NC1=NC(N)(c2ccc(S(=O)(=O)C(F)(F)F)cc2)NN1. The van der Waals surface area contributed by atoms with Gasteiger partial charge in [-0.3, -0.25) is 11.2 Å². The number of rotatable bonds is 2. The summed E-state index contributed by atoms with van der Waals surface area (Å²) in [5.74, 6) is -1.47. The fraction of sp³-hybridized carbons (Fsp3) is 0.222. The number of aliphatic imine (C=N–C) groups is 1. The van der Waals surface area contributed by atoms with Gasteiger partial charge in [0.15, 0.2) is 0 Å². The molecule has 1 unspecified atom stereocenters. The van der Waals surface area contributed by atoms with E-state index in [9.17, 15) is 21.6 Å². The van der Waals surface area contributed by atoms with Crippen LogP contribution in [0.25, 0.3) is 0 Å². The number of sulfone groups is 1. The average molecular weight is 309 g/mol. The van der Waals surface area contributed by atoms with Gasteiger partial charge in [-0.25, -0.2) is 13.4 Å². The predicted molar refractivity (Wildman–Crippen MR) is 63.4 cm³/mol. The molecule has 7 nitrogen and oxygen atoms in total. The summed E-state index contributed by atoms with van der Waals surface area (Å²) in [6.07, 6.45) is 0. The Morgan fingerprint density at radius 2 is 1.75 bits per heavy atom. The van der Waals surface area contributed by atoms with Gasteiger partial charge in [0.25, 0.3) is 9.84 Å². The highest BCUT2D eigenvalue weighted by Crippen LogP contribution is 2.31. The minimum atomic E-state index is -5.38. The third-order valence-electron chi connectivity index (χ3n) is 2.59. The van der Waals surface area contributed by atoms with E-state index in [4.69, 9.17) is 11.5 Å². The van der Waals surface area contributed by atoms with Gasteiger partial charge in [-0.1, -0.05) is 12.1 Å². The molecule has 1 aliphatic rings. The Bertz CT molecular complexity index is 655. The molecular formula is C9H10F3N5O2S. The van der Waals surface area contributed by atoms with Gasteiger partial charge in [0.05, 0.1) is 4.90 Å². The van der Waals surface area contributed by atoms with Crippen LogP contribution >= 0.6 is 0 Å². The molecule has 1 aromatic rings. The second kappa shape index (κ2) is 4.33. The predicted octanol–water partition coefficient (Wildman–Crippen LogP) is -0.528. The molecule has 1 aliphatic heterocycles. The van der Waals surface area contributed by atoms with Gasteiger partial charge in [0.1, 0.15) is 0 Å². The molecule has 0 radical (unpaired) electrons. The molecule has 0 spiro atoms. The molecule has 1 heterocycles. The molecule has 1 aromatic carbocycles. The number of nitrogens with two attached hydrogens (primary N) is 2. The Morgan fingerprint density at radius 3 is 2.15 bits per heavy atom. The molecule has 2 rings (SSSR count). The maximum Gasteiger partial charge on any atom is 0.501 e. The van der Waals surface area contributed by atoms with Gasteiger partial charge in [-0.2, -0.15) is 18.6 Å². The largest absolute Gasteiger partial charge is 0.501 e. The standard InChI is InChI=1S/C9H10F3N5O2S/c10-9(11,12)20(18,19)6-3-1-5(2-4-6)8(14)15-7(13)16-17-8/h1-4,17H,14H2,(H3,13,15,16). The highest BCUT2D eigenvalue weighted by Gasteiger charge is 2.47. The van der Waals surface area contributed by atoms with Crippen LogP contribution in [-0.2, 0) is 15.6 Å². The van der Waals surface area contributed by atoms with Gasteiger partial charge in [-0.05, 0) is 12.1 Å². The lowest BCUT2D eigenvalue weighted by Gasteiger charge is -2.20. The molecule has 20 heavy (non-hydrogen) atoms. The molecule has 0 aliphatic carbocycles. The van der Waals surface area contributed by atoms with E-state index >= 15 is 0 Å². The van der Waals surface area contributed by atoms with Crippen molar-refractivity contribution in [3.8, 4) is 0 Å². The van der Waals surface area contributed by atoms with E-state index in [-0.39, 0.29) is 11.5 Å². The zero-order valence-corrected chi connectivity index (χ0v) is 10.6. The first-order valence-corrected chi connectivity index (χ1v) is 6.64. The Kier molecular flexibility index (Phi) is 3.15. The number of hydrogen-bond donors (Lipinski definition) is 4. The monoisotopic (exact) mass is 309 g/mol. The van der Waals surface area contributed by atoms with Crippen LogP contribution in [0.1, 0.15) is 5.56 Å². The molecule has 0 aromatic heterocycles.